The van der Waals surface area contributed by atoms with E-state index in [2.05, 4.69) is 0 Å². The Morgan fingerprint density at radius 2 is 1.50 bits per heavy atom. The van der Waals surface area contributed by atoms with Gasteiger partial charge in [0.2, 0.25) is 0 Å². The Balaban J connectivity index is 1.43. The predicted molar refractivity (Wildman–Crippen MR) is 135 cm³/mol. The Kier molecular flexibility index (Phi) is 6.56. The number of hydrogen-bond donors (Lipinski definition) is 0. The molecule has 3 aromatic carbocycles. The van der Waals surface area contributed by atoms with Gasteiger partial charge in [-0.3, -0.25) is 14.5 Å². The number of nitrogens with zero attached hydrogens (tertiary/aromatic N) is 2. The van der Waals surface area contributed by atoms with Crippen LogP contribution < -0.4 is 0 Å². The summed E-state index contributed by atoms with van der Waals surface area (Å²) >= 11 is 0. The molecule has 2 heterocycles. The standard InChI is InChI=1S/C29H24N2O5/c1-2-36-29(34)26-24(18-35-17-16-31-27(32)20-12-6-7-13-21(20)28(31)33)30-23-15-9-8-14-22(23)25(26)19-10-4-3-5-11-19/h3-15H,2,16-18H2,1H3. The molecule has 0 N–H and O–H groups in total. The second-order valence-corrected chi connectivity index (χ2v) is 8.27. The second-order valence-electron chi connectivity index (χ2n) is 8.27. The molecule has 1 aromatic heterocycles. The third kappa shape index (κ3) is 4.25. The van der Waals surface area contributed by atoms with Crippen molar-refractivity contribution < 1.29 is 23.9 Å². The van der Waals surface area contributed by atoms with E-state index >= 15 is 0 Å². The number of fused-ring (bicyclic) bond motifs is 2. The highest BCUT2D eigenvalue weighted by Gasteiger charge is 2.34. The van der Waals surface area contributed by atoms with Gasteiger partial charge in [-0.05, 0) is 30.7 Å². The van der Waals surface area contributed by atoms with Crippen LogP contribution in [0, 0.1) is 0 Å². The van der Waals surface area contributed by atoms with Crippen molar-refractivity contribution in [2.75, 3.05) is 19.8 Å². The molecule has 1 aliphatic heterocycles. The molecule has 2 amide bonds. The molecule has 0 bridgehead atoms. The maximum absolute atomic E-state index is 13.1. The summed E-state index contributed by atoms with van der Waals surface area (Å²) in [7, 11) is 0. The number of para-hydroxylation sites is 1. The highest BCUT2D eigenvalue weighted by Crippen LogP contribution is 2.34. The van der Waals surface area contributed by atoms with Crippen molar-refractivity contribution >= 4 is 28.7 Å². The number of pyridine rings is 1. The van der Waals surface area contributed by atoms with E-state index in [0.717, 1.165) is 22.0 Å². The van der Waals surface area contributed by atoms with Crippen molar-refractivity contribution in [1.29, 1.82) is 0 Å². The Bertz CT molecular complexity index is 1430. The number of aromatic nitrogens is 1. The van der Waals surface area contributed by atoms with Crippen molar-refractivity contribution in [3.63, 3.8) is 0 Å². The van der Waals surface area contributed by atoms with E-state index < -0.39 is 5.97 Å². The lowest BCUT2D eigenvalue weighted by Crippen LogP contribution is -2.33. The summed E-state index contributed by atoms with van der Waals surface area (Å²) in [5.74, 6) is -1.14. The predicted octanol–water partition coefficient (Wildman–Crippen LogP) is 4.89. The topological polar surface area (TPSA) is 85.8 Å². The largest absolute Gasteiger partial charge is 0.462 e. The van der Waals surface area contributed by atoms with Gasteiger partial charge in [-0.15, -0.1) is 0 Å². The fourth-order valence-electron chi connectivity index (χ4n) is 4.46. The molecule has 0 atom stereocenters. The van der Waals surface area contributed by atoms with E-state index in [1.165, 1.54) is 4.90 Å². The number of ether oxygens (including phenoxy) is 2. The zero-order valence-corrected chi connectivity index (χ0v) is 19.8. The molecule has 0 radical (unpaired) electrons. The van der Waals surface area contributed by atoms with Crippen molar-refractivity contribution in [2.24, 2.45) is 0 Å². The van der Waals surface area contributed by atoms with Crippen LogP contribution >= 0.6 is 0 Å². The minimum absolute atomic E-state index is 0.0159. The van der Waals surface area contributed by atoms with Gasteiger partial charge in [0.25, 0.3) is 11.8 Å². The Labute approximate surface area is 208 Å². The minimum atomic E-state index is -0.478. The van der Waals surface area contributed by atoms with E-state index in [4.69, 9.17) is 14.5 Å². The van der Waals surface area contributed by atoms with Crippen LogP contribution in [-0.2, 0) is 16.1 Å². The second kappa shape index (κ2) is 10.1. The zero-order valence-electron chi connectivity index (χ0n) is 19.8. The van der Waals surface area contributed by atoms with Gasteiger partial charge in [0, 0.05) is 10.9 Å². The van der Waals surface area contributed by atoms with E-state index in [1.807, 2.05) is 54.6 Å². The Morgan fingerprint density at radius 3 is 2.19 bits per heavy atom. The van der Waals surface area contributed by atoms with Gasteiger partial charge < -0.3 is 9.47 Å². The van der Waals surface area contributed by atoms with Gasteiger partial charge in [-0.25, -0.2) is 9.78 Å². The minimum Gasteiger partial charge on any atom is -0.462 e. The molecule has 180 valence electrons. The summed E-state index contributed by atoms with van der Waals surface area (Å²) in [6.45, 7) is 2.19. The normalized spacial score (nSPS) is 12.8. The molecule has 0 saturated carbocycles. The smallest absolute Gasteiger partial charge is 0.340 e. The van der Waals surface area contributed by atoms with Gasteiger partial charge in [-0.2, -0.15) is 0 Å². The number of amides is 2. The van der Waals surface area contributed by atoms with E-state index in [9.17, 15) is 14.4 Å². The zero-order chi connectivity index (χ0) is 25.1. The summed E-state index contributed by atoms with van der Waals surface area (Å²) in [5, 5.41) is 0.835. The molecule has 0 spiro atoms. The van der Waals surface area contributed by atoms with Crippen LogP contribution in [0.2, 0.25) is 0 Å². The lowest BCUT2D eigenvalue weighted by molar-refractivity contribution is 0.0510. The van der Waals surface area contributed by atoms with Gasteiger partial charge in [0.1, 0.15) is 0 Å². The molecule has 4 aromatic rings. The number of rotatable bonds is 8. The number of hydrogen-bond acceptors (Lipinski definition) is 6. The van der Waals surface area contributed by atoms with Crippen LogP contribution in [0.25, 0.3) is 22.0 Å². The molecule has 1 aliphatic rings. The van der Waals surface area contributed by atoms with Gasteiger partial charge >= 0.3 is 5.97 Å². The van der Waals surface area contributed by atoms with E-state index in [0.29, 0.717) is 22.4 Å². The molecule has 7 heteroatoms. The van der Waals surface area contributed by atoms with Crippen LogP contribution in [0.1, 0.15) is 43.7 Å². The summed E-state index contributed by atoms with van der Waals surface area (Å²) in [6, 6.07) is 24.0. The SMILES string of the molecule is CCOC(=O)c1c(COCCN2C(=O)c3ccccc3C2=O)nc2ccccc2c1-c1ccccc1. The van der Waals surface area contributed by atoms with Crippen molar-refractivity contribution in [3.8, 4) is 11.1 Å². The average molecular weight is 481 g/mol. The third-order valence-electron chi connectivity index (χ3n) is 6.09. The van der Waals surface area contributed by atoms with Crippen LogP contribution in [0.3, 0.4) is 0 Å². The first kappa shape index (κ1) is 23.4. The van der Waals surface area contributed by atoms with E-state index in [1.54, 1.807) is 31.2 Å². The van der Waals surface area contributed by atoms with Crippen LogP contribution in [0.5, 0.6) is 0 Å². The van der Waals surface area contributed by atoms with Gasteiger partial charge in [-0.1, -0.05) is 60.7 Å². The van der Waals surface area contributed by atoms with Crippen molar-refractivity contribution in [2.45, 2.75) is 13.5 Å². The van der Waals surface area contributed by atoms with Crippen LogP contribution in [0.15, 0.2) is 78.9 Å². The molecule has 0 fully saturated rings. The molecule has 7 nitrogen and oxygen atoms in total. The maximum Gasteiger partial charge on any atom is 0.340 e. The number of carbonyl (C=O) groups is 3. The van der Waals surface area contributed by atoms with Crippen molar-refractivity contribution in [3.05, 3.63) is 101 Å². The molecule has 0 aliphatic carbocycles. The summed E-state index contributed by atoms with van der Waals surface area (Å²) < 4.78 is 11.3. The average Bonchev–Trinajstić information content (AvgIpc) is 3.15. The summed E-state index contributed by atoms with van der Waals surface area (Å²) in [6.07, 6.45) is 0. The Hall–Kier alpha value is -4.36. The third-order valence-corrected chi connectivity index (χ3v) is 6.09. The number of imide groups is 1. The highest BCUT2D eigenvalue weighted by atomic mass is 16.5. The fraction of sp³-hybridized carbons (Fsp3) is 0.172. The Morgan fingerprint density at radius 1 is 0.861 bits per heavy atom. The first-order valence-corrected chi connectivity index (χ1v) is 11.8. The van der Waals surface area contributed by atoms with Gasteiger partial charge in [0.05, 0.1) is 54.3 Å². The molecule has 36 heavy (non-hydrogen) atoms. The fourth-order valence-corrected chi connectivity index (χ4v) is 4.46. The summed E-state index contributed by atoms with van der Waals surface area (Å²) in [5.41, 5.74) is 3.91. The highest BCUT2D eigenvalue weighted by molar-refractivity contribution is 6.21. The summed E-state index contributed by atoms with van der Waals surface area (Å²) in [4.78, 5) is 44.3. The lowest BCUT2D eigenvalue weighted by atomic mass is 9.94. The number of esters is 1. The first-order chi connectivity index (χ1) is 17.6. The van der Waals surface area contributed by atoms with Gasteiger partial charge in [0.15, 0.2) is 0 Å². The molecule has 5 rings (SSSR count). The number of benzene rings is 3. The first-order valence-electron chi connectivity index (χ1n) is 11.8. The van der Waals surface area contributed by atoms with Crippen molar-refractivity contribution in [1.82, 2.24) is 9.88 Å². The molecular weight excluding hydrogens is 456 g/mol. The van der Waals surface area contributed by atoms with Crippen LogP contribution in [-0.4, -0.2) is 47.4 Å². The van der Waals surface area contributed by atoms with E-state index in [-0.39, 0.29) is 38.2 Å². The molecule has 0 unspecified atom stereocenters. The molecular formula is C29H24N2O5. The number of carbonyl (C=O) groups excluding carboxylic acids is 3. The lowest BCUT2D eigenvalue weighted by Gasteiger charge is -2.18. The molecule has 0 saturated heterocycles. The maximum atomic E-state index is 13.1. The van der Waals surface area contributed by atoms with Crippen LogP contribution in [0.4, 0.5) is 0 Å². The quantitative estimate of drug-likeness (QED) is 0.203. The monoisotopic (exact) mass is 480 g/mol.